The molecule has 0 radical (unpaired) electrons. The van der Waals surface area contributed by atoms with E-state index >= 15 is 0 Å². The number of hydrogen-bond donors (Lipinski definition) is 0. The molecule has 0 spiro atoms. The highest BCUT2D eigenvalue weighted by molar-refractivity contribution is 5.94. The molecule has 0 saturated heterocycles. The van der Waals surface area contributed by atoms with Crippen LogP contribution in [0.15, 0.2) is 42.0 Å². The van der Waals surface area contributed by atoms with Gasteiger partial charge in [-0.25, -0.2) is 0 Å². The molecule has 3 unspecified atom stereocenters. The van der Waals surface area contributed by atoms with Crippen molar-refractivity contribution in [2.45, 2.75) is 46.0 Å². The van der Waals surface area contributed by atoms with Crippen LogP contribution in [0.1, 0.15) is 33.3 Å². The van der Waals surface area contributed by atoms with Gasteiger partial charge in [0.05, 0.1) is 6.10 Å². The lowest BCUT2D eigenvalue weighted by atomic mass is 9.73. The van der Waals surface area contributed by atoms with Crippen molar-refractivity contribution in [1.29, 1.82) is 0 Å². The van der Waals surface area contributed by atoms with Crippen molar-refractivity contribution in [3.63, 3.8) is 0 Å². The van der Waals surface area contributed by atoms with Gasteiger partial charge < -0.3 is 9.47 Å². The first-order valence-corrected chi connectivity index (χ1v) is 7.90. The fourth-order valence-corrected chi connectivity index (χ4v) is 3.38. The quantitative estimate of drug-likeness (QED) is 0.777. The van der Waals surface area contributed by atoms with Crippen LogP contribution in [0.2, 0.25) is 0 Å². The molecular formula is C19H26O3. The zero-order chi connectivity index (χ0) is 16.3. The number of carbonyl (C=O) groups excluding carboxylic acids is 1. The second-order valence-electron chi connectivity index (χ2n) is 6.35. The third-order valence-electron chi connectivity index (χ3n) is 4.49. The molecule has 0 aromatic heterocycles. The van der Waals surface area contributed by atoms with E-state index in [2.05, 4.69) is 12.1 Å². The summed E-state index contributed by atoms with van der Waals surface area (Å²) in [4.78, 5) is 12.5. The van der Waals surface area contributed by atoms with Gasteiger partial charge in [0.25, 0.3) is 0 Å². The normalized spacial score (nSPS) is 28.8. The second kappa shape index (κ2) is 6.76. The maximum Gasteiger partial charge on any atom is 0.194 e. The number of allylic oxidation sites excluding steroid dienone is 1. The summed E-state index contributed by atoms with van der Waals surface area (Å²) < 4.78 is 11.9. The van der Waals surface area contributed by atoms with Gasteiger partial charge in [0.2, 0.25) is 0 Å². The minimum absolute atomic E-state index is 0.0244. The van der Waals surface area contributed by atoms with Crippen LogP contribution in [0.5, 0.6) is 0 Å². The fraction of sp³-hybridized carbons (Fsp3) is 0.526. The van der Waals surface area contributed by atoms with Crippen molar-refractivity contribution < 1.29 is 14.3 Å². The number of ether oxygens (including phenoxy) is 2. The molecule has 1 aliphatic rings. The van der Waals surface area contributed by atoms with Crippen molar-refractivity contribution in [2.75, 3.05) is 7.11 Å². The number of methoxy groups -OCH3 is 1. The number of carbonyl (C=O) groups is 1. The van der Waals surface area contributed by atoms with Gasteiger partial charge in [0, 0.05) is 18.9 Å². The molecule has 120 valence electrons. The monoisotopic (exact) mass is 302 g/mol. The summed E-state index contributed by atoms with van der Waals surface area (Å²) in [6.45, 7) is 7.94. The minimum Gasteiger partial charge on any atom is -0.349 e. The van der Waals surface area contributed by atoms with Crippen LogP contribution in [0.3, 0.4) is 0 Å². The summed E-state index contributed by atoms with van der Waals surface area (Å²) in [7, 11) is 1.66. The van der Waals surface area contributed by atoms with E-state index in [1.54, 1.807) is 13.2 Å². The van der Waals surface area contributed by atoms with Gasteiger partial charge in [0.15, 0.2) is 11.6 Å². The summed E-state index contributed by atoms with van der Waals surface area (Å²) in [5.74, 6) is -0.835. The van der Waals surface area contributed by atoms with Crippen LogP contribution in [0, 0.1) is 11.8 Å². The maximum absolute atomic E-state index is 12.5. The Bertz CT molecular complexity index is 547. The van der Waals surface area contributed by atoms with Gasteiger partial charge in [-0.05, 0) is 44.4 Å². The standard InChI is InChI=1S/C19H26O3/c1-13(2)22-19(21-5)14(3)11-18(20)17(15(19)4)12-16-9-7-6-8-10-16/h6-11,13,15,17H,12H2,1-5H3. The zero-order valence-corrected chi connectivity index (χ0v) is 14.1. The Morgan fingerprint density at radius 1 is 1.23 bits per heavy atom. The Balaban J connectivity index is 2.34. The summed E-state index contributed by atoms with van der Waals surface area (Å²) in [6, 6.07) is 10.1. The Hall–Kier alpha value is -1.45. The minimum atomic E-state index is -0.818. The lowest BCUT2D eigenvalue weighted by Crippen LogP contribution is -2.52. The predicted octanol–water partition coefficient (Wildman–Crippen LogP) is 3.78. The van der Waals surface area contributed by atoms with Crippen molar-refractivity contribution in [3.8, 4) is 0 Å². The molecule has 1 aliphatic carbocycles. The van der Waals surface area contributed by atoms with Crippen molar-refractivity contribution in [2.24, 2.45) is 11.8 Å². The van der Waals surface area contributed by atoms with Crippen LogP contribution in [0.25, 0.3) is 0 Å². The molecule has 0 saturated carbocycles. The summed E-state index contributed by atoms with van der Waals surface area (Å²) in [6.07, 6.45) is 2.42. The molecule has 3 heteroatoms. The van der Waals surface area contributed by atoms with E-state index in [9.17, 15) is 4.79 Å². The van der Waals surface area contributed by atoms with E-state index in [-0.39, 0.29) is 23.7 Å². The number of hydrogen-bond acceptors (Lipinski definition) is 3. The van der Waals surface area contributed by atoms with E-state index in [4.69, 9.17) is 9.47 Å². The first-order chi connectivity index (χ1) is 10.4. The average molecular weight is 302 g/mol. The predicted molar refractivity (Wildman–Crippen MR) is 87.5 cm³/mol. The van der Waals surface area contributed by atoms with E-state index in [0.29, 0.717) is 6.42 Å². The molecule has 1 aromatic rings. The molecule has 0 bridgehead atoms. The highest BCUT2D eigenvalue weighted by atomic mass is 16.7. The first kappa shape index (κ1) is 16.9. The molecule has 0 heterocycles. The van der Waals surface area contributed by atoms with Gasteiger partial charge in [-0.15, -0.1) is 0 Å². The average Bonchev–Trinajstić information content (AvgIpc) is 2.49. The van der Waals surface area contributed by atoms with E-state index in [1.807, 2.05) is 45.9 Å². The molecule has 0 amide bonds. The molecule has 0 aliphatic heterocycles. The van der Waals surface area contributed by atoms with Crippen molar-refractivity contribution in [1.82, 2.24) is 0 Å². The van der Waals surface area contributed by atoms with Crippen molar-refractivity contribution >= 4 is 5.78 Å². The highest BCUT2D eigenvalue weighted by Gasteiger charge is 2.49. The van der Waals surface area contributed by atoms with Gasteiger partial charge in [0.1, 0.15) is 0 Å². The molecule has 2 rings (SSSR count). The molecule has 1 aromatic carbocycles. The largest absolute Gasteiger partial charge is 0.349 e. The number of benzene rings is 1. The molecule has 22 heavy (non-hydrogen) atoms. The first-order valence-electron chi connectivity index (χ1n) is 7.90. The zero-order valence-electron chi connectivity index (χ0n) is 14.1. The van der Waals surface area contributed by atoms with Gasteiger partial charge in [-0.2, -0.15) is 0 Å². The summed E-state index contributed by atoms with van der Waals surface area (Å²) in [5.41, 5.74) is 2.01. The Morgan fingerprint density at radius 3 is 2.41 bits per heavy atom. The molecule has 3 atom stereocenters. The number of ketones is 1. The lowest BCUT2D eigenvalue weighted by molar-refractivity contribution is -0.251. The third-order valence-corrected chi connectivity index (χ3v) is 4.49. The summed E-state index contributed by atoms with van der Waals surface area (Å²) >= 11 is 0. The van der Waals surface area contributed by atoms with Crippen LogP contribution < -0.4 is 0 Å². The number of rotatable bonds is 5. The van der Waals surface area contributed by atoms with Gasteiger partial charge in [-0.1, -0.05) is 37.3 Å². The summed E-state index contributed by atoms with van der Waals surface area (Å²) in [5, 5.41) is 0. The van der Waals surface area contributed by atoms with E-state index in [0.717, 1.165) is 11.1 Å². The third kappa shape index (κ3) is 3.16. The molecular weight excluding hydrogens is 276 g/mol. The Morgan fingerprint density at radius 2 is 1.86 bits per heavy atom. The van der Waals surface area contributed by atoms with E-state index < -0.39 is 5.79 Å². The Labute approximate surface area is 133 Å². The van der Waals surface area contributed by atoms with Gasteiger partial charge in [-0.3, -0.25) is 4.79 Å². The molecule has 0 fully saturated rings. The SMILES string of the molecule is COC1(OC(C)C)C(C)=CC(=O)C(Cc2ccccc2)C1C. The molecule has 3 nitrogen and oxygen atoms in total. The fourth-order valence-electron chi connectivity index (χ4n) is 3.38. The maximum atomic E-state index is 12.5. The topological polar surface area (TPSA) is 35.5 Å². The second-order valence-corrected chi connectivity index (χ2v) is 6.35. The van der Waals surface area contributed by atoms with Crippen LogP contribution >= 0.6 is 0 Å². The highest BCUT2D eigenvalue weighted by Crippen LogP contribution is 2.42. The van der Waals surface area contributed by atoms with Crippen LogP contribution in [-0.4, -0.2) is 24.8 Å². The Kier molecular flexibility index (Phi) is 5.20. The molecule has 0 N–H and O–H groups in total. The van der Waals surface area contributed by atoms with Crippen molar-refractivity contribution in [3.05, 3.63) is 47.5 Å². The van der Waals surface area contributed by atoms with Crippen LogP contribution in [-0.2, 0) is 20.7 Å². The van der Waals surface area contributed by atoms with E-state index in [1.165, 1.54) is 0 Å². The van der Waals surface area contributed by atoms with Crippen LogP contribution in [0.4, 0.5) is 0 Å². The smallest absolute Gasteiger partial charge is 0.194 e. The lowest BCUT2D eigenvalue weighted by Gasteiger charge is -2.45. The van der Waals surface area contributed by atoms with Gasteiger partial charge >= 0.3 is 0 Å².